The Balaban J connectivity index is 2.62. The maximum absolute atomic E-state index is 11.0. The quantitative estimate of drug-likeness (QED) is 0.574. The fourth-order valence-corrected chi connectivity index (χ4v) is 1.26. The Bertz CT molecular complexity index is 368. The molecule has 0 bridgehead atoms. The van der Waals surface area contributed by atoms with E-state index in [4.69, 9.17) is 18.9 Å². The number of rotatable bonds is 6. The second-order valence-corrected chi connectivity index (χ2v) is 3.08. The van der Waals surface area contributed by atoms with E-state index in [1.165, 1.54) is 14.2 Å². The third-order valence-corrected chi connectivity index (χ3v) is 2.02. The molecule has 1 aromatic carbocycles. The number of carbonyl (C=O) groups excluding carboxylic acids is 1. The summed E-state index contributed by atoms with van der Waals surface area (Å²) in [6, 6.07) is 5.18. The minimum Gasteiger partial charge on any atom is -0.493 e. The Morgan fingerprint density at radius 1 is 1.11 bits per heavy atom. The summed E-state index contributed by atoms with van der Waals surface area (Å²) in [6.45, 7) is 1.65. The molecular formula is C12H16O6. The lowest BCUT2D eigenvalue weighted by Gasteiger charge is -2.13. The lowest BCUT2D eigenvalue weighted by molar-refractivity contribution is 0.00513. The van der Waals surface area contributed by atoms with E-state index in [1.807, 2.05) is 0 Å². The molecular weight excluding hydrogens is 240 g/mol. The van der Waals surface area contributed by atoms with Gasteiger partial charge >= 0.3 is 6.16 Å². The highest BCUT2D eigenvalue weighted by Crippen LogP contribution is 2.36. The normalized spacial score (nSPS) is 9.50. The molecule has 0 unspecified atom stereocenters. The van der Waals surface area contributed by atoms with Crippen molar-refractivity contribution in [3.63, 3.8) is 0 Å². The predicted octanol–water partition coefficient (Wildman–Crippen LogP) is 2.21. The average molecular weight is 256 g/mol. The minimum absolute atomic E-state index is 0.247. The molecule has 18 heavy (non-hydrogen) atoms. The zero-order valence-electron chi connectivity index (χ0n) is 10.6. The van der Waals surface area contributed by atoms with Gasteiger partial charge in [0, 0.05) is 0 Å². The van der Waals surface area contributed by atoms with E-state index in [-0.39, 0.29) is 13.4 Å². The van der Waals surface area contributed by atoms with Crippen LogP contribution in [0.3, 0.4) is 0 Å². The van der Waals surface area contributed by atoms with Gasteiger partial charge < -0.3 is 23.7 Å². The zero-order chi connectivity index (χ0) is 13.4. The Hall–Kier alpha value is -2.11. The SMILES string of the molecule is CCOC(=O)OCOc1c(OC)cccc1OC. The van der Waals surface area contributed by atoms with Gasteiger partial charge in [0.25, 0.3) is 0 Å². The van der Waals surface area contributed by atoms with Gasteiger partial charge in [-0.2, -0.15) is 0 Å². The smallest absolute Gasteiger partial charge is 0.493 e. The predicted molar refractivity (Wildman–Crippen MR) is 63.1 cm³/mol. The third kappa shape index (κ3) is 3.73. The molecule has 0 atom stereocenters. The topological polar surface area (TPSA) is 63.2 Å². The molecule has 6 nitrogen and oxygen atoms in total. The summed E-state index contributed by atoms with van der Waals surface area (Å²) in [5.74, 6) is 1.34. The summed E-state index contributed by atoms with van der Waals surface area (Å²) in [6.07, 6.45) is -0.786. The first kappa shape index (κ1) is 14.0. The molecule has 0 saturated carbocycles. The summed E-state index contributed by atoms with van der Waals surface area (Å²) in [5.41, 5.74) is 0. The van der Waals surface area contributed by atoms with Gasteiger partial charge in [0.05, 0.1) is 20.8 Å². The molecule has 0 radical (unpaired) electrons. The first-order valence-electron chi connectivity index (χ1n) is 5.36. The summed E-state index contributed by atoms with van der Waals surface area (Å²) < 4.78 is 24.8. The molecule has 0 aromatic heterocycles. The summed E-state index contributed by atoms with van der Waals surface area (Å²) in [7, 11) is 3.02. The van der Waals surface area contributed by atoms with Gasteiger partial charge in [0.1, 0.15) is 0 Å². The standard InChI is InChI=1S/C12H16O6/c1-4-16-12(13)18-8-17-11-9(14-2)6-5-7-10(11)15-3/h5-7H,4,8H2,1-3H3. The fraction of sp³-hybridized carbons (Fsp3) is 0.417. The number of benzene rings is 1. The molecule has 0 amide bonds. The van der Waals surface area contributed by atoms with E-state index in [0.29, 0.717) is 17.2 Å². The molecule has 0 saturated heterocycles. The molecule has 1 rings (SSSR count). The zero-order valence-corrected chi connectivity index (χ0v) is 10.6. The van der Waals surface area contributed by atoms with Crippen LogP contribution >= 0.6 is 0 Å². The molecule has 0 aliphatic heterocycles. The van der Waals surface area contributed by atoms with Gasteiger partial charge in [-0.3, -0.25) is 0 Å². The Kier molecular flexibility index (Phi) is 5.63. The van der Waals surface area contributed by atoms with Crippen LogP contribution in [0.15, 0.2) is 18.2 Å². The Morgan fingerprint density at radius 3 is 2.22 bits per heavy atom. The van der Waals surface area contributed by atoms with Crippen LogP contribution in [0.1, 0.15) is 6.92 Å². The van der Waals surface area contributed by atoms with E-state index in [9.17, 15) is 4.79 Å². The van der Waals surface area contributed by atoms with Gasteiger partial charge in [-0.15, -0.1) is 0 Å². The van der Waals surface area contributed by atoms with Crippen LogP contribution in [-0.4, -0.2) is 33.8 Å². The molecule has 0 spiro atoms. The van der Waals surface area contributed by atoms with E-state index >= 15 is 0 Å². The Morgan fingerprint density at radius 2 is 1.72 bits per heavy atom. The van der Waals surface area contributed by atoms with Crippen molar-refractivity contribution in [3.05, 3.63) is 18.2 Å². The maximum atomic E-state index is 11.0. The van der Waals surface area contributed by atoms with Gasteiger partial charge in [-0.25, -0.2) is 4.79 Å². The monoisotopic (exact) mass is 256 g/mol. The summed E-state index contributed by atoms with van der Waals surface area (Å²) in [5, 5.41) is 0. The largest absolute Gasteiger partial charge is 0.511 e. The van der Waals surface area contributed by atoms with Crippen LogP contribution in [0.4, 0.5) is 4.79 Å². The van der Waals surface area contributed by atoms with Gasteiger partial charge in [-0.05, 0) is 19.1 Å². The van der Waals surface area contributed by atoms with Crippen molar-refractivity contribution < 1.29 is 28.5 Å². The van der Waals surface area contributed by atoms with Gasteiger partial charge in [0.2, 0.25) is 12.5 Å². The first-order chi connectivity index (χ1) is 8.72. The molecule has 1 aromatic rings. The van der Waals surface area contributed by atoms with Gasteiger partial charge in [-0.1, -0.05) is 6.07 Å². The van der Waals surface area contributed by atoms with Crippen molar-refractivity contribution in [2.24, 2.45) is 0 Å². The number of methoxy groups -OCH3 is 2. The lowest BCUT2D eigenvalue weighted by atomic mass is 10.3. The van der Waals surface area contributed by atoms with Crippen LogP contribution in [-0.2, 0) is 9.47 Å². The van der Waals surface area contributed by atoms with E-state index < -0.39 is 6.16 Å². The van der Waals surface area contributed by atoms with E-state index in [1.54, 1.807) is 25.1 Å². The lowest BCUT2D eigenvalue weighted by Crippen LogP contribution is -2.12. The highest BCUT2D eigenvalue weighted by Gasteiger charge is 2.12. The number of hydrogen-bond acceptors (Lipinski definition) is 6. The molecule has 0 heterocycles. The van der Waals surface area contributed by atoms with Crippen molar-refractivity contribution >= 4 is 6.16 Å². The van der Waals surface area contributed by atoms with Crippen molar-refractivity contribution in [3.8, 4) is 17.2 Å². The molecule has 0 N–H and O–H groups in total. The van der Waals surface area contributed by atoms with Crippen LogP contribution in [0.2, 0.25) is 0 Å². The van der Waals surface area contributed by atoms with Crippen molar-refractivity contribution in [2.45, 2.75) is 6.92 Å². The Labute approximate surface area is 105 Å². The number of para-hydroxylation sites is 1. The van der Waals surface area contributed by atoms with E-state index in [0.717, 1.165) is 0 Å². The van der Waals surface area contributed by atoms with Crippen LogP contribution < -0.4 is 14.2 Å². The van der Waals surface area contributed by atoms with Crippen LogP contribution in [0, 0.1) is 0 Å². The van der Waals surface area contributed by atoms with Crippen molar-refractivity contribution in [1.82, 2.24) is 0 Å². The second kappa shape index (κ2) is 7.26. The van der Waals surface area contributed by atoms with Crippen LogP contribution in [0.25, 0.3) is 0 Å². The van der Waals surface area contributed by atoms with Crippen molar-refractivity contribution in [2.75, 3.05) is 27.6 Å². The fourth-order valence-electron chi connectivity index (χ4n) is 1.26. The number of hydrogen-bond donors (Lipinski definition) is 0. The van der Waals surface area contributed by atoms with Crippen LogP contribution in [0.5, 0.6) is 17.2 Å². The number of ether oxygens (including phenoxy) is 5. The molecule has 0 aliphatic rings. The van der Waals surface area contributed by atoms with Crippen molar-refractivity contribution in [1.29, 1.82) is 0 Å². The number of carbonyl (C=O) groups is 1. The summed E-state index contributed by atoms with van der Waals surface area (Å²) >= 11 is 0. The molecule has 6 heteroatoms. The van der Waals surface area contributed by atoms with E-state index in [2.05, 4.69) is 4.74 Å². The second-order valence-electron chi connectivity index (χ2n) is 3.08. The third-order valence-electron chi connectivity index (χ3n) is 2.02. The average Bonchev–Trinajstić information content (AvgIpc) is 2.39. The first-order valence-corrected chi connectivity index (χ1v) is 5.36. The highest BCUT2D eigenvalue weighted by atomic mass is 16.8. The molecule has 0 fully saturated rings. The van der Waals surface area contributed by atoms with Gasteiger partial charge in [0.15, 0.2) is 11.5 Å². The highest BCUT2D eigenvalue weighted by molar-refractivity contribution is 5.59. The minimum atomic E-state index is -0.786. The maximum Gasteiger partial charge on any atom is 0.511 e. The molecule has 100 valence electrons. The summed E-state index contributed by atoms with van der Waals surface area (Å²) in [4.78, 5) is 11.0. The molecule has 0 aliphatic carbocycles.